The SMILES string of the molecule is O=C1C(Nc2ccccc2)=C(n2nnc3ccccc32)C(=O)C(Nc2ccccc2)=C1n1nnc2ccccc21. The van der Waals surface area contributed by atoms with Crippen LogP contribution in [-0.4, -0.2) is 41.6 Å². The fourth-order valence-electron chi connectivity index (χ4n) is 4.71. The Morgan fingerprint density at radius 2 is 0.850 bits per heavy atom. The number of rotatable bonds is 6. The van der Waals surface area contributed by atoms with Gasteiger partial charge in [-0.1, -0.05) is 71.1 Å². The number of aromatic nitrogens is 6. The highest BCUT2D eigenvalue weighted by molar-refractivity contribution is 6.45. The van der Waals surface area contributed by atoms with Gasteiger partial charge in [0.1, 0.15) is 33.8 Å². The Bertz CT molecular complexity index is 1840. The maximum Gasteiger partial charge on any atom is 0.232 e. The van der Waals surface area contributed by atoms with Gasteiger partial charge in [-0.15, -0.1) is 10.2 Å². The molecule has 10 heteroatoms. The molecular weight excluding hydrogens is 504 g/mol. The second-order valence-corrected chi connectivity index (χ2v) is 9.07. The molecule has 0 spiro atoms. The molecule has 0 fully saturated rings. The van der Waals surface area contributed by atoms with E-state index in [1.54, 1.807) is 24.3 Å². The number of carbonyl (C=O) groups excluding carboxylic acids is 2. The predicted octanol–water partition coefficient (Wildman–Crippen LogP) is 4.59. The lowest BCUT2D eigenvalue weighted by atomic mass is 9.97. The number of nitrogens with zero attached hydrogens (tertiary/aromatic N) is 6. The molecule has 1 aliphatic rings. The van der Waals surface area contributed by atoms with Crippen LogP contribution in [0.3, 0.4) is 0 Å². The zero-order valence-electron chi connectivity index (χ0n) is 20.9. The first-order chi connectivity index (χ1) is 19.7. The molecule has 192 valence electrons. The molecule has 40 heavy (non-hydrogen) atoms. The Hall–Kier alpha value is -5.90. The van der Waals surface area contributed by atoms with Crippen molar-refractivity contribution in [3.8, 4) is 0 Å². The van der Waals surface area contributed by atoms with Crippen molar-refractivity contribution in [3.63, 3.8) is 0 Å². The van der Waals surface area contributed by atoms with Gasteiger partial charge in [-0.2, -0.15) is 0 Å². The monoisotopic (exact) mass is 524 g/mol. The molecule has 0 aliphatic heterocycles. The first-order valence-electron chi connectivity index (χ1n) is 12.5. The molecule has 1 aliphatic carbocycles. The summed E-state index contributed by atoms with van der Waals surface area (Å²) in [6.07, 6.45) is 0. The summed E-state index contributed by atoms with van der Waals surface area (Å²) in [7, 11) is 0. The van der Waals surface area contributed by atoms with E-state index in [0.29, 0.717) is 33.4 Å². The molecule has 2 heterocycles. The summed E-state index contributed by atoms with van der Waals surface area (Å²) in [6.45, 7) is 0. The lowest BCUT2D eigenvalue weighted by Crippen LogP contribution is -2.34. The van der Waals surface area contributed by atoms with Gasteiger partial charge in [0.15, 0.2) is 0 Å². The fourth-order valence-corrected chi connectivity index (χ4v) is 4.71. The lowest BCUT2D eigenvalue weighted by molar-refractivity contribution is -0.114. The first kappa shape index (κ1) is 23.2. The Kier molecular flexibility index (Phi) is 5.48. The van der Waals surface area contributed by atoms with E-state index in [-0.39, 0.29) is 22.8 Å². The number of ketones is 2. The van der Waals surface area contributed by atoms with Crippen molar-refractivity contribution in [2.75, 3.05) is 10.6 Å². The Balaban J connectivity index is 1.50. The number of para-hydroxylation sites is 4. The highest BCUT2D eigenvalue weighted by Crippen LogP contribution is 2.34. The summed E-state index contributed by atoms with van der Waals surface area (Å²) in [4.78, 5) is 29.1. The third-order valence-electron chi connectivity index (χ3n) is 6.57. The molecule has 0 bridgehead atoms. The van der Waals surface area contributed by atoms with Crippen LogP contribution in [0.25, 0.3) is 33.5 Å². The molecule has 2 N–H and O–H groups in total. The van der Waals surface area contributed by atoms with Crippen molar-refractivity contribution >= 4 is 56.4 Å². The minimum absolute atomic E-state index is 0.0363. The molecule has 0 saturated carbocycles. The Morgan fingerprint density at radius 3 is 1.27 bits per heavy atom. The lowest BCUT2D eigenvalue weighted by Gasteiger charge is -2.25. The zero-order chi connectivity index (χ0) is 27.1. The average Bonchev–Trinajstić information content (AvgIpc) is 3.62. The van der Waals surface area contributed by atoms with Gasteiger partial charge in [0, 0.05) is 11.4 Å². The third kappa shape index (κ3) is 3.82. The summed E-state index contributed by atoms with van der Waals surface area (Å²) < 4.78 is 2.81. The summed E-state index contributed by atoms with van der Waals surface area (Å²) in [5.74, 6) is -0.931. The Morgan fingerprint density at radius 1 is 0.475 bits per heavy atom. The number of hydrogen-bond acceptors (Lipinski definition) is 8. The van der Waals surface area contributed by atoms with Gasteiger partial charge in [0.2, 0.25) is 11.6 Å². The van der Waals surface area contributed by atoms with E-state index in [2.05, 4.69) is 31.3 Å². The normalized spacial score (nSPS) is 13.9. The van der Waals surface area contributed by atoms with Crippen LogP contribution < -0.4 is 10.6 Å². The molecule has 7 rings (SSSR count). The number of nitrogens with one attached hydrogen (secondary N) is 2. The van der Waals surface area contributed by atoms with Gasteiger partial charge < -0.3 is 10.6 Å². The minimum Gasteiger partial charge on any atom is -0.350 e. The molecule has 0 radical (unpaired) electrons. The Labute approximate surface area is 227 Å². The molecule has 0 amide bonds. The van der Waals surface area contributed by atoms with Crippen molar-refractivity contribution in [3.05, 3.63) is 121 Å². The van der Waals surface area contributed by atoms with Crippen LogP contribution in [-0.2, 0) is 9.59 Å². The highest BCUT2D eigenvalue weighted by Gasteiger charge is 2.39. The molecule has 10 nitrogen and oxygen atoms in total. The number of anilines is 2. The van der Waals surface area contributed by atoms with E-state index < -0.39 is 11.6 Å². The standard InChI is InChI=1S/C30H20N8O2/c39-29-25(31-19-11-3-1-4-12-19)27(37-23-17-9-7-15-21(23)33-35-37)30(40)26(32-20-13-5-2-6-14-20)28(29)38-24-18-10-8-16-22(24)34-36-38/h1-18,31-32H. The van der Waals surface area contributed by atoms with Crippen LogP contribution in [0.1, 0.15) is 0 Å². The second-order valence-electron chi connectivity index (χ2n) is 9.07. The minimum atomic E-state index is -0.466. The first-order valence-corrected chi connectivity index (χ1v) is 12.5. The molecule has 6 aromatic rings. The van der Waals surface area contributed by atoms with E-state index in [9.17, 15) is 9.59 Å². The van der Waals surface area contributed by atoms with Gasteiger partial charge in [-0.05, 0) is 48.5 Å². The molecule has 4 aromatic carbocycles. The number of Topliss-reactive ketones (excluding diaryl/α,β-unsaturated/α-hetero) is 2. The van der Waals surface area contributed by atoms with Crippen molar-refractivity contribution in [1.29, 1.82) is 0 Å². The van der Waals surface area contributed by atoms with Gasteiger partial charge in [0.05, 0.1) is 11.0 Å². The summed E-state index contributed by atoms with van der Waals surface area (Å²) in [6, 6.07) is 32.9. The third-order valence-corrected chi connectivity index (χ3v) is 6.57. The number of benzene rings is 4. The quantitative estimate of drug-likeness (QED) is 0.304. The topological polar surface area (TPSA) is 120 Å². The number of allylic oxidation sites excluding steroid dienone is 2. The van der Waals surface area contributed by atoms with Crippen LogP contribution in [0, 0.1) is 0 Å². The second kappa shape index (κ2) is 9.44. The van der Waals surface area contributed by atoms with Crippen LogP contribution >= 0.6 is 0 Å². The summed E-state index contributed by atoms with van der Waals surface area (Å²) in [5.41, 5.74) is 3.75. The maximum atomic E-state index is 14.5. The number of hydrogen-bond donors (Lipinski definition) is 2. The van der Waals surface area contributed by atoms with E-state index in [0.717, 1.165) is 0 Å². The van der Waals surface area contributed by atoms with Crippen LogP contribution in [0.2, 0.25) is 0 Å². The van der Waals surface area contributed by atoms with E-state index in [4.69, 9.17) is 0 Å². The van der Waals surface area contributed by atoms with Crippen molar-refractivity contribution in [2.45, 2.75) is 0 Å². The van der Waals surface area contributed by atoms with E-state index >= 15 is 0 Å². The van der Waals surface area contributed by atoms with E-state index in [1.165, 1.54) is 9.36 Å². The van der Waals surface area contributed by atoms with Gasteiger partial charge >= 0.3 is 0 Å². The van der Waals surface area contributed by atoms with Crippen LogP contribution in [0.4, 0.5) is 11.4 Å². The van der Waals surface area contributed by atoms with Gasteiger partial charge in [-0.25, -0.2) is 9.36 Å². The maximum absolute atomic E-state index is 14.5. The fraction of sp³-hybridized carbons (Fsp3) is 0. The molecular formula is C30H20N8O2. The van der Waals surface area contributed by atoms with Crippen molar-refractivity contribution in [1.82, 2.24) is 30.0 Å². The average molecular weight is 525 g/mol. The van der Waals surface area contributed by atoms with E-state index in [1.807, 2.05) is 84.9 Å². The number of fused-ring (bicyclic) bond motifs is 2. The predicted molar refractivity (Wildman–Crippen MR) is 152 cm³/mol. The van der Waals surface area contributed by atoms with Gasteiger partial charge in [-0.3, -0.25) is 9.59 Å². The molecule has 0 unspecified atom stereocenters. The highest BCUT2D eigenvalue weighted by atomic mass is 16.1. The zero-order valence-corrected chi connectivity index (χ0v) is 20.9. The van der Waals surface area contributed by atoms with Gasteiger partial charge in [0.25, 0.3) is 0 Å². The summed E-state index contributed by atoms with van der Waals surface area (Å²) in [5, 5.41) is 23.4. The van der Waals surface area contributed by atoms with Crippen molar-refractivity contribution in [2.24, 2.45) is 0 Å². The molecule has 0 atom stereocenters. The molecule has 2 aromatic heterocycles. The molecule has 0 saturated heterocycles. The van der Waals surface area contributed by atoms with Crippen LogP contribution in [0.15, 0.2) is 121 Å². The smallest absolute Gasteiger partial charge is 0.232 e. The van der Waals surface area contributed by atoms with Crippen molar-refractivity contribution < 1.29 is 9.59 Å². The largest absolute Gasteiger partial charge is 0.350 e. The summed E-state index contributed by atoms with van der Waals surface area (Å²) >= 11 is 0. The number of carbonyl (C=O) groups is 2. The van der Waals surface area contributed by atoms with Crippen LogP contribution in [0.5, 0.6) is 0 Å².